The lowest BCUT2D eigenvalue weighted by Crippen LogP contribution is -2.17. The molecule has 0 saturated heterocycles. The number of nitrogen functional groups attached to an aromatic ring is 1. The lowest BCUT2D eigenvalue weighted by atomic mass is 10.1. The summed E-state index contributed by atoms with van der Waals surface area (Å²) in [5, 5.41) is 3.21. The maximum atomic E-state index is 5.97. The number of nitrogens with zero attached hydrogens (tertiary/aromatic N) is 2. The molecule has 1 aromatic heterocycles. The average Bonchev–Trinajstić information content (AvgIpc) is 2.64. The highest BCUT2D eigenvalue weighted by molar-refractivity contribution is 5.42. The van der Waals surface area contributed by atoms with E-state index in [0.29, 0.717) is 5.88 Å². The minimum Gasteiger partial charge on any atom is -0.474 e. The zero-order valence-corrected chi connectivity index (χ0v) is 11.7. The fourth-order valence-corrected chi connectivity index (χ4v) is 2.38. The van der Waals surface area contributed by atoms with Crippen LogP contribution in [0.2, 0.25) is 0 Å². The van der Waals surface area contributed by atoms with Gasteiger partial charge in [-0.25, -0.2) is 0 Å². The van der Waals surface area contributed by atoms with Crippen molar-refractivity contribution in [2.24, 2.45) is 0 Å². The third-order valence-electron chi connectivity index (χ3n) is 3.37. The van der Waals surface area contributed by atoms with Crippen LogP contribution in [0, 0.1) is 0 Å². The van der Waals surface area contributed by atoms with E-state index in [1.807, 2.05) is 6.07 Å². The minimum absolute atomic E-state index is 0.268. The lowest BCUT2D eigenvalue weighted by Gasteiger charge is -2.16. The monoisotopic (exact) mass is 264 g/mol. The van der Waals surface area contributed by atoms with Gasteiger partial charge >= 0.3 is 0 Å². The van der Waals surface area contributed by atoms with Crippen LogP contribution in [0.5, 0.6) is 5.88 Å². The van der Waals surface area contributed by atoms with E-state index in [-0.39, 0.29) is 12.1 Å². The molecule has 0 aliphatic heterocycles. The molecule has 3 N–H and O–H groups in total. The maximum Gasteiger partial charge on any atom is 0.225 e. The summed E-state index contributed by atoms with van der Waals surface area (Å²) in [6.07, 6.45) is 8.66. The van der Waals surface area contributed by atoms with Crippen molar-refractivity contribution in [1.29, 1.82) is 0 Å². The van der Waals surface area contributed by atoms with Crippen molar-refractivity contribution in [1.82, 2.24) is 9.97 Å². The largest absolute Gasteiger partial charge is 0.474 e. The van der Waals surface area contributed by atoms with E-state index >= 15 is 0 Å². The van der Waals surface area contributed by atoms with E-state index in [1.54, 1.807) is 0 Å². The number of nitrogens with one attached hydrogen (secondary N) is 1. The summed E-state index contributed by atoms with van der Waals surface area (Å²) in [4.78, 5) is 8.33. The third kappa shape index (κ3) is 4.58. The van der Waals surface area contributed by atoms with Crippen LogP contribution < -0.4 is 15.8 Å². The first kappa shape index (κ1) is 13.9. The van der Waals surface area contributed by atoms with E-state index in [9.17, 15) is 0 Å². The normalized spacial score (nSPS) is 16.9. The van der Waals surface area contributed by atoms with Crippen LogP contribution in [0.3, 0.4) is 0 Å². The topological polar surface area (TPSA) is 73.1 Å². The first-order valence-corrected chi connectivity index (χ1v) is 7.33. The predicted octanol–water partition coefficient (Wildman–Crippen LogP) is 2.98. The summed E-state index contributed by atoms with van der Waals surface area (Å²) in [6, 6.07) is 1.84. The van der Waals surface area contributed by atoms with E-state index in [2.05, 4.69) is 22.2 Å². The molecule has 5 heteroatoms. The Bertz CT molecular complexity index is 389. The number of hydrogen-bond acceptors (Lipinski definition) is 5. The van der Waals surface area contributed by atoms with E-state index in [4.69, 9.17) is 10.5 Å². The Morgan fingerprint density at radius 2 is 2.00 bits per heavy atom. The number of hydrogen-bond donors (Lipinski definition) is 2. The molecule has 0 atom stereocenters. The summed E-state index contributed by atoms with van der Waals surface area (Å²) in [7, 11) is 0. The van der Waals surface area contributed by atoms with Crippen molar-refractivity contribution < 1.29 is 4.74 Å². The second kappa shape index (κ2) is 7.16. The van der Waals surface area contributed by atoms with Gasteiger partial charge in [-0.2, -0.15) is 9.97 Å². The molecule has 2 rings (SSSR count). The number of nitrogens with two attached hydrogens (primary N) is 1. The van der Waals surface area contributed by atoms with Crippen LogP contribution in [0.25, 0.3) is 0 Å². The molecule has 19 heavy (non-hydrogen) atoms. The van der Waals surface area contributed by atoms with Gasteiger partial charge in [-0.05, 0) is 32.1 Å². The average molecular weight is 264 g/mol. The van der Waals surface area contributed by atoms with Crippen molar-refractivity contribution >= 4 is 11.8 Å². The summed E-state index contributed by atoms with van der Waals surface area (Å²) in [5.74, 6) is 1.61. The van der Waals surface area contributed by atoms with Gasteiger partial charge in [-0.15, -0.1) is 0 Å². The first-order valence-electron chi connectivity index (χ1n) is 7.33. The molecule has 106 valence electrons. The highest BCUT2D eigenvalue weighted by Gasteiger charge is 2.15. The number of anilines is 2. The van der Waals surface area contributed by atoms with Crippen LogP contribution in [0.1, 0.15) is 51.9 Å². The Labute approximate surface area is 115 Å². The van der Waals surface area contributed by atoms with Crippen LogP contribution in [-0.4, -0.2) is 22.6 Å². The third-order valence-corrected chi connectivity index (χ3v) is 3.37. The van der Waals surface area contributed by atoms with Gasteiger partial charge in [0, 0.05) is 12.6 Å². The number of ether oxygens (including phenoxy) is 1. The van der Waals surface area contributed by atoms with E-state index in [0.717, 1.165) is 31.6 Å². The quantitative estimate of drug-likeness (QED) is 0.800. The van der Waals surface area contributed by atoms with Crippen molar-refractivity contribution in [2.45, 2.75) is 58.0 Å². The fraction of sp³-hybridized carbons (Fsp3) is 0.714. The Morgan fingerprint density at radius 1 is 1.26 bits per heavy atom. The zero-order chi connectivity index (χ0) is 13.5. The minimum atomic E-state index is 0.268. The molecule has 0 spiro atoms. The summed E-state index contributed by atoms with van der Waals surface area (Å²) >= 11 is 0. The molecule has 0 aromatic carbocycles. The van der Waals surface area contributed by atoms with Crippen molar-refractivity contribution in [3.63, 3.8) is 0 Å². The van der Waals surface area contributed by atoms with Crippen molar-refractivity contribution in [3.8, 4) is 5.88 Å². The Balaban J connectivity index is 1.99. The fourth-order valence-electron chi connectivity index (χ4n) is 2.38. The highest BCUT2D eigenvalue weighted by Crippen LogP contribution is 2.23. The van der Waals surface area contributed by atoms with Gasteiger partial charge < -0.3 is 15.8 Å². The molecule has 1 saturated carbocycles. The maximum absolute atomic E-state index is 5.97. The summed E-state index contributed by atoms with van der Waals surface area (Å²) < 4.78 is 5.97. The SMILES string of the molecule is CCCNc1cc(OC2CCCCCC2)nc(N)n1. The second-order valence-electron chi connectivity index (χ2n) is 5.11. The Kier molecular flexibility index (Phi) is 5.24. The van der Waals surface area contributed by atoms with Crippen LogP contribution in [0.4, 0.5) is 11.8 Å². The number of aromatic nitrogens is 2. The van der Waals surface area contributed by atoms with Gasteiger partial charge in [0.2, 0.25) is 11.8 Å². The molecule has 0 bridgehead atoms. The molecular weight excluding hydrogens is 240 g/mol. The number of rotatable bonds is 5. The molecular formula is C14H24N4O. The second-order valence-corrected chi connectivity index (χ2v) is 5.11. The zero-order valence-electron chi connectivity index (χ0n) is 11.7. The van der Waals surface area contributed by atoms with Gasteiger partial charge in [0.25, 0.3) is 0 Å². The van der Waals surface area contributed by atoms with Gasteiger partial charge in [0.05, 0.1) is 0 Å². The lowest BCUT2D eigenvalue weighted by molar-refractivity contribution is 0.176. The van der Waals surface area contributed by atoms with E-state index in [1.165, 1.54) is 25.7 Å². The molecule has 0 amide bonds. The molecule has 5 nitrogen and oxygen atoms in total. The van der Waals surface area contributed by atoms with Gasteiger partial charge in [-0.3, -0.25) is 0 Å². The van der Waals surface area contributed by atoms with Crippen LogP contribution in [0.15, 0.2) is 6.07 Å². The van der Waals surface area contributed by atoms with Gasteiger partial charge in [0.15, 0.2) is 0 Å². The molecule has 0 radical (unpaired) electrons. The summed E-state index contributed by atoms with van der Waals surface area (Å²) in [5.41, 5.74) is 5.72. The Hall–Kier alpha value is -1.52. The Morgan fingerprint density at radius 3 is 2.68 bits per heavy atom. The molecule has 1 heterocycles. The molecule has 1 aliphatic rings. The van der Waals surface area contributed by atoms with Gasteiger partial charge in [-0.1, -0.05) is 19.8 Å². The van der Waals surface area contributed by atoms with Crippen molar-refractivity contribution in [3.05, 3.63) is 6.07 Å². The predicted molar refractivity (Wildman–Crippen MR) is 77.3 cm³/mol. The van der Waals surface area contributed by atoms with Crippen LogP contribution in [-0.2, 0) is 0 Å². The smallest absolute Gasteiger partial charge is 0.225 e. The highest BCUT2D eigenvalue weighted by atomic mass is 16.5. The van der Waals surface area contributed by atoms with Crippen LogP contribution >= 0.6 is 0 Å². The van der Waals surface area contributed by atoms with Gasteiger partial charge in [0.1, 0.15) is 11.9 Å². The molecule has 0 unspecified atom stereocenters. The molecule has 1 fully saturated rings. The van der Waals surface area contributed by atoms with Crippen molar-refractivity contribution in [2.75, 3.05) is 17.6 Å². The summed E-state index contributed by atoms with van der Waals surface area (Å²) in [6.45, 7) is 2.99. The first-order chi connectivity index (χ1) is 9.28. The standard InChI is InChI=1S/C14H24N4O/c1-2-9-16-12-10-13(18-14(15)17-12)19-11-7-5-3-4-6-8-11/h10-11H,2-9H2,1H3,(H3,15,16,17,18). The molecule has 1 aromatic rings. The van der Waals surface area contributed by atoms with E-state index < -0.39 is 0 Å². The molecule has 1 aliphatic carbocycles.